The van der Waals surface area contributed by atoms with Crippen LogP contribution in [0.15, 0.2) is 47.6 Å². The van der Waals surface area contributed by atoms with Crippen LogP contribution in [0.4, 0.5) is 10.8 Å². The highest BCUT2D eigenvalue weighted by Crippen LogP contribution is 2.27. The van der Waals surface area contributed by atoms with Crippen LogP contribution in [-0.2, 0) is 6.42 Å². The molecule has 0 bridgehead atoms. The molecule has 0 fully saturated rings. The Labute approximate surface area is 136 Å². The monoisotopic (exact) mass is 318 g/mol. The molecule has 1 heterocycles. The van der Waals surface area contributed by atoms with E-state index in [9.17, 15) is 4.79 Å². The molecule has 0 spiro atoms. The van der Waals surface area contributed by atoms with Crippen molar-refractivity contribution in [2.75, 3.05) is 5.43 Å². The number of para-hydroxylation sites is 1. The Kier molecular flexibility index (Phi) is 3.14. The van der Waals surface area contributed by atoms with Gasteiger partial charge in [-0.1, -0.05) is 41.7 Å². The topological polar surface area (TPSA) is 58.7 Å². The average Bonchev–Trinajstić information content (AvgIpc) is 3.13. The van der Waals surface area contributed by atoms with Gasteiger partial charge in [0.05, 0.1) is 16.8 Å². The predicted molar refractivity (Wildman–Crippen MR) is 91.4 cm³/mol. The highest BCUT2D eigenvalue weighted by molar-refractivity contribution is 7.22. The van der Waals surface area contributed by atoms with Crippen LogP contribution in [0.3, 0.4) is 0 Å². The molecule has 6 heteroatoms. The second kappa shape index (κ2) is 5.30. The van der Waals surface area contributed by atoms with E-state index in [-0.39, 0.29) is 5.78 Å². The molecule has 23 heavy (non-hydrogen) atoms. The molecule has 1 aliphatic rings. The Morgan fingerprint density at radius 3 is 2.96 bits per heavy atom. The quantitative estimate of drug-likeness (QED) is 0.573. The molecule has 0 aliphatic heterocycles. The van der Waals surface area contributed by atoms with E-state index in [1.165, 1.54) is 11.3 Å². The number of Topliss-reactive ketones (excluding diaryl/α,β-unsaturated/α-hetero) is 1. The molecule has 1 aromatic heterocycles. The fourth-order valence-corrected chi connectivity index (χ4v) is 3.37. The SMILES string of the molecule is [C-]#[N+]c1ccc2c(c1)C/C(=N/Nc1nc3ccccc3s1)C2=O. The van der Waals surface area contributed by atoms with Crippen LogP contribution in [0.5, 0.6) is 0 Å². The lowest BCUT2D eigenvalue weighted by Gasteiger charge is -1.95. The molecule has 1 aliphatic carbocycles. The van der Waals surface area contributed by atoms with E-state index in [0.29, 0.717) is 28.5 Å². The summed E-state index contributed by atoms with van der Waals surface area (Å²) in [4.78, 5) is 20.1. The van der Waals surface area contributed by atoms with Crippen LogP contribution in [0.2, 0.25) is 0 Å². The molecule has 0 saturated heterocycles. The number of aromatic nitrogens is 1. The second-order valence-electron chi connectivity index (χ2n) is 5.12. The standard InChI is InChI=1S/C17H10N4OS/c1-18-11-6-7-12-10(8-11)9-14(16(12)22)20-21-17-19-13-4-2-3-5-15(13)23-17/h2-8H,9H2,(H,19,21)/b20-14-. The Balaban J connectivity index is 1.60. The Hall–Kier alpha value is -3.04. The summed E-state index contributed by atoms with van der Waals surface area (Å²) in [6.07, 6.45) is 0.440. The maximum absolute atomic E-state index is 12.3. The molecule has 0 saturated carbocycles. The fraction of sp³-hybridized carbons (Fsp3) is 0.0588. The molecule has 0 radical (unpaired) electrons. The Morgan fingerprint density at radius 1 is 1.26 bits per heavy atom. The van der Waals surface area contributed by atoms with E-state index in [1.54, 1.807) is 18.2 Å². The van der Waals surface area contributed by atoms with Crippen molar-refractivity contribution in [2.45, 2.75) is 6.42 Å². The van der Waals surface area contributed by atoms with Crippen molar-refractivity contribution in [3.63, 3.8) is 0 Å². The van der Waals surface area contributed by atoms with Gasteiger partial charge in [0.1, 0.15) is 5.71 Å². The molecular formula is C17H10N4OS. The smallest absolute Gasteiger partial charge is 0.209 e. The van der Waals surface area contributed by atoms with Crippen molar-refractivity contribution in [3.05, 3.63) is 65.0 Å². The lowest BCUT2D eigenvalue weighted by molar-refractivity contribution is 0.106. The normalized spacial score (nSPS) is 14.9. The Bertz CT molecular complexity index is 980. The van der Waals surface area contributed by atoms with Gasteiger partial charge in [-0.15, -0.1) is 0 Å². The highest BCUT2D eigenvalue weighted by Gasteiger charge is 2.26. The maximum Gasteiger partial charge on any atom is 0.209 e. The fourth-order valence-electron chi connectivity index (χ4n) is 2.56. The van der Waals surface area contributed by atoms with E-state index < -0.39 is 0 Å². The minimum absolute atomic E-state index is 0.0925. The number of carbonyl (C=O) groups is 1. The molecule has 2 aromatic carbocycles. The first-order valence-corrected chi connectivity index (χ1v) is 7.79. The minimum Gasteiger partial charge on any atom is -0.287 e. The molecular weight excluding hydrogens is 308 g/mol. The van der Waals surface area contributed by atoms with Crippen LogP contribution in [0, 0.1) is 6.57 Å². The molecule has 0 atom stereocenters. The predicted octanol–water partition coefficient (Wildman–Crippen LogP) is 4.05. The van der Waals surface area contributed by atoms with E-state index in [0.717, 1.165) is 15.8 Å². The number of nitrogens with one attached hydrogen (secondary N) is 1. The number of ketones is 1. The van der Waals surface area contributed by atoms with Crippen molar-refractivity contribution in [2.24, 2.45) is 5.10 Å². The first-order chi connectivity index (χ1) is 11.2. The van der Waals surface area contributed by atoms with Crippen LogP contribution in [0.25, 0.3) is 15.1 Å². The lowest BCUT2D eigenvalue weighted by atomic mass is 10.1. The van der Waals surface area contributed by atoms with Gasteiger partial charge in [0.25, 0.3) is 0 Å². The summed E-state index contributed by atoms with van der Waals surface area (Å²) in [7, 11) is 0. The molecule has 0 amide bonds. The van der Waals surface area contributed by atoms with Crippen molar-refractivity contribution < 1.29 is 4.79 Å². The van der Waals surface area contributed by atoms with Gasteiger partial charge in [-0.2, -0.15) is 5.10 Å². The zero-order chi connectivity index (χ0) is 15.8. The number of hydrazone groups is 1. The van der Waals surface area contributed by atoms with Gasteiger partial charge in [-0.05, 0) is 17.7 Å². The number of hydrogen-bond donors (Lipinski definition) is 1. The number of thiazole rings is 1. The van der Waals surface area contributed by atoms with Gasteiger partial charge >= 0.3 is 0 Å². The summed E-state index contributed by atoms with van der Waals surface area (Å²) in [5.41, 5.74) is 6.26. The average molecular weight is 318 g/mol. The minimum atomic E-state index is -0.0925. The van der Waals surface area contributed by atoms with Crippen molar-refractivity contribution in [1.82, 2.24) is 4.98 Å². The number of carbonyl (C=O) groups excluding carboxylic acids is 1. The van der Waals surface area contributed by atoms with Gasteiger partial charge in [-0.25, -0.2) is 9.83 Å². The lowest BCUT2D eigenvalue weighted by Crippen LogP contribution is -2.10. The summed E-state index contributed by atoms with van der Waals surface area (Å²) < 4.78 is 1.07. The number of hydrogen-bond acceptors (Lipinski definition) is 5. The van der Waals surface area contributed by atoms with E-state index in [4.69, 9.17) is 6.57 Å². The van der Waals surface area contributed by atoms with Crippen LogP contribution in [-0.4, -0.2) is 16.5 Å². The van der Waals surface area contributed by atoms with Gasteiger partial charge in [0, 0.05) is 12.0 Å². The first-order valence-electron chi connectivity index (χ1n) is 6.98. The molecule has 1 N–H and O–H groups in total. The Morgan fingerprint density at radius 2 is 2.13 bits per heavy atom. The maximum atomic E-state index is 12.3. The molecule has 110 valence electrons. The molecule has 0 unspecified atom stereocenters. The van der Waals surface area contributed by atoms with Crippen molar-refractivity contribution in [1.29, 1.82) is 0 Å². The van der Waals surface area contributed by atoms with Gasteiger partial charge < -0.3 is 0 Å². The van der Waals surface area contributed by atoms with E-state index >= 15 is 0 Å². The number of nitrogens with zero attached hydrogens (tertiary/aromatic N) is 3. The zero-order valence-electron chi connectivity index (χ0n) is 11.9. The summed E-state index contributed by atoms with van der Waals surface area (Å²) in [5, 5.41) is 4.88. The molecule has 5 nitrogen and oxygen atoms in total. The molecule has 4 rings (SSSR count). The van der Waals surface area contributed by atoms with E-state index in [1.807, 2.05) is 24.3 Å². The number of rotatable bonds is 2. The number of anilines is 1. The summed E-state index contributed by atoms with van der Waals surface area (Å²) in [5.74, 6) is -0.0925. The third kappa shape index (κ3) is 2.37. The highest BCUT2D eigenvalue weighted by atomic mass is 32.1. The van der Waals surface area contributed by atoms with Crippen LogP contribution < -0.4 is 5.43 Å². The van der Waals surface area contributed by atoms with Gasteiger partial charge in [0.2, 0.25) is 10.9 Å². The molecule has 3 aromatic rings. The summed E-state index contributed by atoms with van der Waals surface area (Å²) in [6.45, 7) is 7.04. The van der Waals surface area contributed by atoms with Crippen molar-refractivity contribution >= 4 is 43.9 Å². The van der Waals surface area contributed by atoms with Gasteiger partial charge in [0.15, 0.2) is 5.69 Å². The van der Waals surface area contributed by atoms with Gasteiger partial charge in [-0.3, -0.25) is 10.2 Å². The third-order valence-electron chi connectivity index (χ3n) is 3.66. The summed E-state index contributed by atoms with van der Waals surface area (Å²) in [6, 6.07) is 12.9. The third-order valence-corrected chi connectivity index (χ3v) is 4.60. The van der Waals surface area contributed by atoms with E-state index in [2.05, 4.69) is 20.4 Å². The zero-order valence-corrected chi connectivity index (χ0v) is 12.7. The largest absolute Gasteiger partial charge is 0.287 e. The van der Waals surface area contributed by atoms with Crippen LogP contribution in [0.1, 0.15) is 15.9 Å². The second-order valence-corrected chi connectivity index (χ2v) is 6.15. The number of fused-ring (bicyclic) bond motifs is 2. The van der Waals surface area contributed by atoms with Crippen molar-refractivity contribution in [3.8, 4) is 0 Å². The number of benzene rings is 2. The first kappa shape index (κ1) is 13.6. The summed E-state index contributed by atoms with van der Waals surface area (Å²) >= 11 is 1.49. The van der Waals surface area contributed by atoms with Crippen LogP contribution >= 0.6 is 11.3 Å².